The number of hydrogen-bond donors (Lipinski definition) is 1. The number of carbonyl (C=O) groups is 1. The van der Waals surface area contributed by atoms with Crippen molar-refractivity contribution in [2.24, 2.45) is 0 Å². The lowest BCUT2D eigenvalue weighted by molar-refractivity contribution is -0.898. The number of quaternary nitrogens is 1. The summed E-state index contributed by atoms with van der Waals surface area (Å²) in [5.74, 6) is -0.974. The molecule has 2 aromatic carbocycles. The van der Waals surface area contributed by atoms with E-state index in [-0.39, 0.29) is 17.4 Å². The van der Waals surface area contributed by atoms with Gasteiger partial charge in [-0.1, -0.05) is 18.2 Å². The van der Waals surface area contributed by atoms with Gasteiger partial charge in [-0.15, -0.1) is 0 Å². The summed E-state index contributed by atoms with van der Waals surface area (Å²) in [7, 11) is 0. The molecule has 0 saturated carbocycles. The predicted molar refractivity (Wildman–Crippen MR) is 99.6 cm³/mol. The average Bonchev–Trinajstić information content (AvgIpc) is 2.67. The zero-order chi connectivity index (χ0) is 18.5. The summed E-state index contributed by atoms with van der Waals surface area (Å²) in [5.41, 5.74) is 1.58. The molecular formula is C21H23F2N2O+. The summed E-state index contributed by atoms with van der Waals surface area (Å²) in [6, 6.07) is 10.5. The topological polar surface area (TPSA) is 24.8 Å². The molecule has 1 aliphatic rings. The Labute approximate surface area is 152 Å². The van der Waals surface area contributed by atoms with Gasteiger partial charge in [-0.3, -0.25) is 4.79 Å². The molecule has 1 saturated heterocycles. The van der Waals surface area contributed by atoms with Crippen LogP contribution in [-0.4, -0.2) is 38.5 Å². The van der Waals surface area contributed by atoms with E-state index >= 15 is 0 Å². The van der Waals surface area contributed by atoms with E-state index in [1.165, 1.54) is 29.2 Å². The van der Waals surface area contributed by atoms with E-state index in [2.05, 4.69) is 6.92 Å². The first kappa shape index (κ1) is 18.3. The lowest BCUT2D eigenvalue weighted by atomic mass is 10.1. The van der Waals surface area contributed by atoms with Gasteiger partial charge in [0.2, 0.25) is 0 Å². The van der Waals surface area contributed by atoms with Crippen LogP contribution in [0.4, 0.5) is 14.5 Å². The summed E-state index contributed by atoms with van der Waals surface area (Å²) in [5, 5.41) is 0. The first-order valence-electron chi connectivity index (χ1n) is 8.93. The molecule has 1 heterocycles. The maximum absolute atomic E-state index is 14.5. The van der Waals surface area contributed by atoms with Gasteiger partial charge >= 0.3 is 0 Å². The molecule has 136 valence electrons. The fraction of sp³-hybridized carbons (Fsp3) is 0.286. The molecule has 0 unspecified atom stereocenters. The van der Waals surface area contributed by atoms with Crippen molar-refractivity contribution in [1.82, 2.24) is 0 Å². The van der Waals surface area contributed by atoms with E-state index in [4.69, 9.17) is 0 Å². The highest BCUT2D eigenvalue weighted by Crippen LogP contribution is 2.21. The van der Waals surface area contributed by atoms with Crippen LogP contribution in [0, 0.1) is 11.6 Å². The van der Waals surface area contributed by atoms with Gasteiger partial charge in [0.05, 0.1) is 38.4 Å². The van der Waals surface area contributed by atoms with Gasteiger partial charge in [-0.25, -0.2) is 8.78 Å². The van der Waals surface area contributed by atoms with E-state index in [1.807, 2.05) is 4.90 Å². The van der Waals surface area contributed by atoms with Crippen molar-refractivity contribution < 1.29 is 18.5 Å². The zero-order valence-corrected chi connectivity index (χ0v) is 14.8. The predicted octanol–water partition coefficient (Wildman–Crippen LogP) is 2.59. The van der Waals surface area contributed by atoms with Crippen LogP contribution in [0.5, 0.6) is 0 Å². The Hall–Kier alpha value is -2.53. The molecule has 3 nitrogen and oxygen atoms in total. The third-order valence-electron chi connectivity index (χ3n) is 4.84. The molecule has 0 atom stereocenters. The van der Waals surface area contributed by atoms with Gasteiger partial charge in [-0.2, -0.15) is 0 Å². The lowest BCUT2D eigenvalue weighted by Gasteiger charge is -2.33. The summed E-state index contributed by atoms with van der Waals surface area (Å²) in [4.78, 5) is 15.8. The van der Waals surface area contributed by atoms with Crippen LogP contribution >= 0.6 is 0 Å². The van der Waals surface area contributed by atoms with Gasteiger partial charge < -0.3 is 9.80 Å². The number of nitrogens with one attached hydrogen (secondary N) is 1. The molecular weight excluding hydrogens is 334 g/mol. The molecule has 2 aromatic rings. The maximum Gasteiger partial charge on any atom is 0.185 e. The second kappa shape index (κ2) is 8.23. The third kappa shape index (κ3) is 4.35. The molecule has 0 radical (unpaired) electrons. The minimum absolute atomic E-state index is 0.278. The maximum atomic E-state index is 14.5. The highest BCUT2D eigenvalue weighted by Gasteiger charge is 2.21. The number of anilines is 1. The third-order valence-corrected chi connectivity index (χ3v) is 4.84. The van der Waals surface area contributed by atoms with Crippen LogP contribution in [0.25, 0.3) is 6.08 Å². The number of allylic oxidation sites excluding steroid dienone is 1. The van der Waals surface area contributed by atoms with E-state index in [9.17, 15) is 13.6 Å². The normalized spacial score (nSPS) is 15.6. The number of rotatable bonds is 5. The number of hydrogen-bond acceptors (Lipinski definition) is 2. The molecule has 0 aromatic heterocycles. The molecule has 26 heavy (non-hydrogen) atoms. The van der Waals surface area contributed by atoms with Gasteiger partial charge in [0.15, 0.2) is 5.78 Å². The van der Waals surface area contributed by atoms with Crippen molar-refractivity contribution in [3.8, 4) is 0 Å². The molecule has 1 fully saturated rings. The summed E-state index contributed by atoms with van der Waals surface area (Å²) in [6.07, 6.45) is 2.98. The van der Waals surface area contributed by atoms with E-state index < -0.39 is 0 Å². The standard InChI is InChI=1S/C21H22F2N2O/c1-2-24-11-13-25(14-12-24)20-9-6-17(15-19(20)23)21(26)10-5-16-3-7-18(22)8-4-16/h3-10,15H,2,11-14H2,1H3/p+1/b10-5+. The van der Waals surface area contributed by atoms with Crippen molar-refractivity contribution in [2.75, 3.05) is 37.6 Å². The highest BCUT2D eigenvalue weighted by atomic mass is 19.1. The number of piperazine rings is 1. The fourth-order valence-corrected chi connectivity index (χ4v) is 3.18. The van der Waals surface area contributed by atoms with Crippen molar-refractivity contribution in [1.29, 1.82) is 0 Å². The lowest BCUT2D eigenvalue weighted by Crippen LogP contribution is -3.14. The van der Waals surface area contributed by atoms with E-state index in [0.717, 1.165) is 32.7 Å². The first-order chi connectivity index (χ1) is 12.6. The van der Waals surface area contributed by atoms with Gasteiger partial charge in [0, 0.05) is 5.56 Å². The molecule has 0 spiro atoms. The van der Waals surface area contributed by atoms with Crippen LogP contribution in [0.2, 0.25) is 0 Å². The van der Waals surface area contributed by atoms with Crippen molar-refractivity contribution >= 4 is 17.5 Å². The van der Waals surface area contributed by atoms with Crippen LogP contribution in [0.1, 0.15) is 22.8 Å². The van der Waals surface area contributed by atoms with E-state index in [1.54, 1.807) is 30.3 Å². The van der Waals surface area contributed by atoms with Gasteiger partial charge in [0.25, 0.3) is 0 Å². The molecule has 1 N–H and O–H groups in total. The molecule has 1 aliphatic heterocycles. The Balaban J connectivity index is 1.68. The second-order valence-electron chi connectivity index (χ2n) is 6.51. The quantitative estimate of drug-likeness (QED) is 0.657. The number of benzene rings is 2. The van der Waals surface area contributed by atoms with Crippen molar-refractivity contribution in [3.63, 3.8) is 0 Å². The smallest absolute Gasteiger partial charge is 0.185 e. The first-order valence-corrected chi connectivity index (χ1v) is 8.93. The Morgan fingerprint density at radius 3 is 2.42 bits per heavy atom. The molecule has 0 bridgehead atoms. The van der Waals surface area contributed by atoms with Crippen molar-refractivity contribution in [3.05, 3.63) is 71.3 Å². The number of carbonyl (C=O) groups excluding carboxylic acids is 1. The van der Waals surface area contributed by atoms with E-state index in [0.29, 0.717) is 16.8 Å². The number of halogens is 2. The zero-order valence-electron chi connectivity index (χ0n) is 14.8. The van der Waals surface area contributed by atoms with Crippen LogP contribution in [-0.2, 0) is 0 Å². The monoisotopic (exact) mass is 357 g/mol. The Bertz CT molecular complexity index is 794. The summed E-state index contributed by atoms with van der Waals surface area (Å²) >= 11 is 0. The Morgan fingerprint density at radius 1 is 1.12 bits per heavy atom. The molecule has 0 amide bonds. The number of ketones is 1. The average molecular weight is 357 g/mol. The minimum Gasteiger partial charge on any atom is -0.358 e. The summed E-state index contributed by atoms with van der Waals surface area (Å²) < 4.78 is 27.4. The van der Waals surface area contributed by atoms with Crippen LogP contribution in [0.3, 0.4) is 0 Å². The largest absolute Gasteiger partial charge is 0.358 e. The SMILES string of the molecule is CC[NH+]1CCN(c2ccc(C(=O)/C=C/c3ccc(F)cc3)cc2F)CC1. The fourth-order valence-electron chi connectivity index (χ4n) is 3.18. The summed E-state index contributed by atoms with van der Waals surface area (Å²) in [6.45, 7) is 6.87. The highest BCUT2D eigenvalue weighted by molar-refractivity contribution is 6.07. The minimum atomic E-state index is -0.369. The Morgan fingerprint density at radius 2 is 1.81 bits per heavy atom. The molecule has 3 rings (SSSR count). The second-order valence-corrected chi connectivity index (χ2v) is 6.51. The number of likely N-dealkylation sites (N-methyl/N-ethyl adjacent to an activating group) is 1. The van der Waals surface area contributed by atoms with Crippen LogP contribution < -0.4 is 9.80 Å². The van der Waals surface area contributed by atoms with Crippen molar-refractivity contribution in [2.45, 2.75) is 6.92 Å². The molecule has 0 aliphatic carbocycles. The van der Waals surface area contributed by atoms with Gasteiger partial charge in [0.1, 0.15) is 11.6 Å². The molecule has 5 heteroatoms. The van der Waals surface area contributed by atoms with Gasteiger partial charge in [-0.05, 0) is 48.9 Å². The van der Waals surface area contributed by atoms with Crippen LogP contribution in [0.15, 0.2) is 48.5 Å². The number of nitrogens with zero attached hydrogens (tertiary/aromatic N) is 1. The Kier molecular flexibility index (Phi) is 5.78.